The van der Waals surface area contributed by atoms with Crippen LogP contribution in [0.5, 0.6) is 0 Å². The molecule has 0 spiro atoms. The van der Waals surface area contributed by atoms with Gasteiger partial charge in [-0.05, 0) is 18.9 Å². The van der Waals surface area contributed by atoms with E-state index >= 15 is 0 Å². The molecule has 104 valence electrons. The Morgan fingerprint density at radius 2 is 2.00 bits per heavy atom. The summed E-state index contributed by atoms with van der Waals surface area (Å²) in [5.74, 6) is 0. The van der Waals surface area contributed by atoms with E-state index in [4.69, 9.17) is 4.74 Å². The molecule has 0 aromatic heterocycles. The Bertz CT molecular complexity index is 392. The lowest BCUT2D eigenvalue weighted by molar-refractivity contribution is -0.108. The van der Waals surface area contributed by atoms with E-state index in [1.165, 1.54) is 0 Å². The van der Waals surface area contributed by atoms with Crippen molar-refractivity contribution >= 4 is 12.4 Å². The van der Waals surface area contributed by atoms with Gasteiger partial charge in [-0.1, -0.05) is 37.3 Å². The van der Waals surface area contributed by atoms with Gasteiger partial charge >= 0.3 is 6.09 Å². The molecule has 1 unspecified atom stereocenters. The maximum atomic E-state index is 12.0. The van der Waals surface area contributed by atoms with Crippen LogP contribution in [0.1, 0.15) is 32.3 Å². The Morgan fingerprint density at radius 3 is 2.53 bits per heavy atom. The van der Waals surface area contributed by atoms with Crippen molar-refractivity contribution in [2.24, 2.45) is 0 Å². The fourth-order valence-corrected chi connectivity index (χ4v) is 1.96. The van der Waals surface area contributed by atoms with Gasteiger partial charge in [0.15, 0.2) is 0 Å². The molecule has 1 aromatic carbocycles. The van der Waals surface area contributed by atoms with Gasteiger partial charge in [0.05, 0.1) is 0 Å². The zero-order valence-corrected chi connectivity index (χ0v) is 11.5. The van der Waals surface area contributed by atoms with Crippen molar-refractivity contribution in [3.8, 4) is 0 Å². The lowest BCUT2D eigenvalue weighted by Gasteiger charge is -2.28. The van der Waals surface area contributed by atoms with E-state index in [9.17, 15) is 9.59 Å². The third-order valence-corrected chi connectivity index (χ3v) is 3.06. The van der Waals surface area contributed by atoms with Crippen LogP contribution in [0.15, 0.2) is 30.3 Å². The van der Waals surface area contributed by atoms with Crippen molar-refractivity contribution in [2.45, 2.75) is 39.3 Å². The topological polar surface area (TPSA) is 46.6 Å². The van der Waals surface area contributed by atoms with E-state index in [1.807, 2.05) is 44.2 Å². The third kappa shape index (κ3) is 4.73. The maximum Gasteiger partial charge on any atom is 0.410 e. The number of carbonyl (C=O) groups is 2. The van der Waals surface area contributed by atoms with E-state index in [0.29, 0.717) is 13.0 Å². The van der Waals surface area contributed by atoms with Crippen molar-refractivity contribution in [3.63, 3.8) is 0 Å². The predicted molar refractivity (Wildman–Crippen MR) is 73.8 cm³/mol. The summed E-state index contributed by atoms with van der Waals surface area (Å²) < 4.78 is 5.28. The largest absolute Gasteiger partial charge is 0.445 e. The second-order valence-corrected chi connectivity index (χ2v) is 4.29. The molecule has 0 N–H and O–H groups in total. The van der Waals surface area contributed by atoms with E-state index in [2.05, 4.69) is 0 Å². The number of aldehydes is 1. The average Bonchev–Trinajstić information content (AvgIpc) is 2.46. The molecule has 0 bridgehead atoms. The molecular formula is C15H21NO3. The minimum absolute atomic E-state index is 0.0780. The van der Waals surface area contributed by atoms with Gasteiger partial charge in [-0.3, -0.25) is 0 Å². The Labute approximate surface area is 114 Å². The minimum atomic E-state index is -0.361. The first-order valence-corrected chi connectivity index (χ1v) is 6.63. The molecule has 0 aliphatic rings. The summed E-state index contributed by atoms with van der Waals surface area (Å²) in [7, 11) is 0. The number of hydrogen-bond donors (Lipinski definition) is 0. The van der Waals surface area contributed by atoms with Gasteiger partial charge in [-0.25, -0.2) is 4.79 Å². The first kappa shape index (κ1) is 15.2. The maximum absolute atomic E-state index is 12.0. The molecule has 1 rings (SSSR count). The van der Waals surface area contributed by atoms with Crippen LogP contribution in [0.4, 0.5) is 4.79 Å². The van der Waals surface area contributed by atoms with Gasteiger partial charge in [0.25, 0.3) is 0 Å². The van der Waals surface area contributed by atoms with Crippen LogP contribution in [-0.4, -0.2) is 29.9 Å². The summed E-state index contributed by atoms with van der Waals surface area (Å²) in [4.78, 5) is 24.2. The number of rotatable bonds is 7. The number of nitrogens with zero attached hydrogens (tertiary/aromatic N) is 1. The van der Waals surface area contributed by atoms with Crippen molar-refractivity contribution in [2.75, 3.05) is 6.54 Å². The van der Waals surface area contributed by atoms with Gasteiger partial charge in [0, 0.05) is 19.0 Å². The molecule has 0 aliphatic carbocycles. The van der Waals surface area contributed by atoms with Crippen LogP contribution in [0, 0.1) is 0 Å². The molecule has 1 aromatic rings. The molecule has 0 saturated carbocycles. The Morgan fingerprint density at radius 1 is 1.32 bits per heavy atom. The molecule has 4 nitrogen and oxygen atoms in total. The van der Waals surface area contributed by atoms with Gasteiger partial charge in [-0.15, -0.1) is 0 Å². The van der Waals surface area contributed by atoms with Crippen LogP contribution >= 0.6 is 0 Å². The summed E-state index contributed by atoms with van der Waals surface area (Å²) >= 11 is 0. The molecule has 0 fully saturated rings. The van der Waals surface area contributed by atoms with E-state index in [1.54, 1.807) is 4.90 Å². The van der Waals surface area contributed by atoms with Gasteiger partial charge in [0.1, 0.15) is 12.9 Å². The molecule has 4 heteroatoms. The number of amides is 1. The highest BCUT2D eigenvalue weighted by Crippen LogP contribution is 2.11. The Hall–Kier alpha value is -1.84. The lowest BCUT2D eigenvalue weighted by atomic mass is 10.1. The summed E-state index contributed by atoms with van der Waals surface area (Å²) in [5.41, 5.74) is 0.954. The van der Waals surface area contributed by atoms with E-state index in [0.717, 1.165) is 18.3 Å². The number of carbonyl (C=O) groups excluding carboxylic acids is 2. The minimum Gasteiger partial charge on any atom is -0.445 e. The Kier molecular flexibility index (Phi) is 6.64. The third-order valence-electron chi connectivity index (χ3n) is 3.06. The van der Waals surface area contributed by atoms with Crippen LogP contribution in [0.3, 0.4) is 0 Å². The smallest absolute Gasteiger partial charge is 0.410 e. The van der Waals surface area contributed by atoms with Crippen molar-refractivity contribution in [3.05, 3.63) is 35.9 Å². The van der Waals surface area contributed by atoms with Crippen LogP contribution < -0.4 is 0 Å². The lowest BCUT2D eigenvalue weighted by Crippen LogP contribution is -2.40. The predicted octanol–water partition coefficient (Wildman–Crippen LogP) is 3.01. The molecule has 0 radical (unpaired) electrons. The highest BCUT2D eigenvalue weighted by molar-refractivity contribution is 5.68. The molecular weight excluding hydrogens is 242 g/mol. The van der Waals surface area contributed by atoms with Crippen molar-refractivity contribution < 1.29 is 14.3 Å². The molecule has 0 aliphatic heterocycles. The SMILES string of the molecule is CCC(CC=O)N(CC)C(=O)OCc1ccccc1. The molecule has 0 saturated heterocycles. The van der Waals surface area contributed by atoms with Crippen molar-refractivity contribution in [1.29, 1.82) is 0 Å². The zero-order valence-electron chi connectivity index (χ0n) is 11.5. The number of ether oxygens (including phenoxy) is 1. The molecule has 1 amide bonds. The van der Waals surface area contributed by atoms with Crippen LogP contribution in [-0.2, 0) is 16.1 Å². The summed E-state index contributed by atoms with van der Waals surface area (Å²) in [6, 6.07) is 9.47. The summed E-state index contributed by atoms with van der Waals surface area (Å²) in [5, 5.41) is 0. The highest BCUT2D eigenvalue weighted by Gasteiger charge is 2.21. The molecule has 0 heterocycles. The van der Waals surface area contributed by atoms with Gasteiger partial charge in [-0.2, -0.15) is 0 Å². The zero-order chi connectivity index (χ0) is 14.1. The number of benzene rings is 1. The van der Waals surface area contributed by atoms with Crippen LogP contribution in [0.2, 0.25) is 0 Å². The molecule has 19 heavy (non-hydrogen) atoms. The van der Waals surface area contributed by atoms with Crippen molar-refractivity contribution in [1.82, 2.24) is 4.90 Å². The van der Waals surface area contributed by atoms with Gasteiger partial charge in [0.2, 0.25) is 0 Å². The summed E-state index contributed by atoms with van der Waals surface area (Å²) in [6.45, 7) is 4.65. The fraction of sp³-hybridized carbons (Fsp3) is 0.467. The van der Waals surface area contributed by atoms with Gasteiger partial charge < -0.3 is 14.4 Å². The average molecular weight is 263 g/mol. The normalized spacial score (nSPS) is 11.7. The summed E-state index contributed by atoms with van der Waals surface area (Å²) in [6.07, 6.45) is 1.58. The standard InChI is InChI=1S/C15H21NO3/c1-3-14(10-11-17)16(4-2)15(18)19-12-13-8-6-5-7-9-13/h5-9,11,14H,3-4,10,12H2,1-2H3. The molecule has 1 atom stereocenters. The second-order valence-electron chi connectivity index (χ2n) is 4.29. The Balaban J connectivity index is 2.56. The first-order valence-electron chi connectivity index (χ1n) is 6.63. The first-order chi connectivity index (χ1) is 9.22. The highest BCUT2D eigenvalue weighted by atomic mass is 16.6. The quantitative estimate of drug-likeness (QED) is 0.710. The monoisotopic (exact) mass is 263 g/mol. The number of hydrogen-bond acceptors (Lipinski definition) is 3. The van der Waals surface area contributed by atoms with Crippen LogP contribution in [0.25, 0.3) is 0 Å². The fourth-order valence-electron chi connectivity index (χ4n) is 1.96. The second kappa shape index (κ2) is 8.29. The van der Waals surface area contributed by atoms with E-state index in [-0.39, 0.29) is 18.7 Å². The van der Waals surface area contributed by atoms with E-state index < -0.39 is 0 Å².